The summed E-state index contributed by atoms with van der Waals surface area (Å²) in [7, 11) is 0. The van der Waals surface area contributed by atoms with Gasteiger partial charge in [-0.05, 0) is 30.7 Å². The molecule has 6 nitrogen and oxygen atoms in total. The Bertz CT molecular complexity index is 987. The predicted octanol–water partition coefficient (Wildman–Crippen LogP) is 3.45. The normalized spacial score (nSPS) is 23.0. The highest BCUT2D eigenvalue weighted by atomic mass is 32.2. The van der Waals surface area contributed by atoms with E-state index in [4.69, 9.17) is 9.94 Å². The van der Waals surface area contributed by atoms with Crippen molar-refractivity contribution in [1.29, 1.82) is 0 Å². The molecule has 2 N–H and O–H groups in total. The molecule has 2 aliphatic rings. The number of amides is 1. The van der Waals surface area contributed by atoms with Crippen molar-refractivity contribution in [3.8, 4) is 5.75 Å². The highest BCUT2D eigenvalue weighted by molar-refractivity contribution is 8.15. The highest BCUT2D eigenvalue weighted by Crippen LogP contribution is 2.57. The van der Waals surface area contributed by atoms with Crippen molar-refractivity contribution in [3.05, 3.63) is 65.2 Å². The van der Waals surface area contributed by atoms with E-state index in [1.54, 1.807) is 6.07 Å². The van der Waals surface area contributed by atoms with Gasteiger partial charge < -0.3 is 9.94 Å². The molecule has 1 spiro atoms. The second-order valence-electron chi connectivity index (χ2n) is 6.86. The summed E-state index contributed by atoms with van der Waals surface area (Å²) in [6.45, 7) is 1.94. The van der Waals surface area contributed by atoms with Crippen molar-refractivity contribution in [2.45, 2.75) is 18.2 Å². The smallest absolute Gasteiger partial charge is 0.241 e. The van der Waals surface area contributed by atoms with Gasteiger partial charge in [-0.15, -0.1) is 0 Å². The molecule has 2 atom stereocenters. The number of benzene rings is 2. The summed E-state index contributed by atoms with van der Waals surface area (Å²) in [5.41, 5.74) is 2.86. The molecule has 4 rings (SSSR count). The van der Waals surface area contributed by atoms with Gasteiger partial charge >= 0.3 is 0 Å². The lowest BCUT2D eigenvalue weighted by atomic mass is 9.86. The summed E-state index contributed by atoms with van der Waals surface area (Å²) in [6, 6.07) is 10.5. The first kappa shape index (κ1) is 19.8. The minimum absolute atomic E-state index is 0.00105. The summed E-state index contributed by atoms with van der Waals surface area (Å²) < 4.78 is 34.2. The van der Waals surface area contributed by atoms with Gasteiger partial charge in [0.2, 0.25) is 5.91 Å². The van der Waals surface area contributed by atoms with E-state index in [1.807, 2.05) is 18.2 Å². The maximum atomic E-state index is 14.5. The maximum Gasteiger partial charge on any atom is 0.241 e. The van der Waals surface area contributed by atoms with E-state index < -0.39 is 16.5 Å². The first-order chi connectivity index (χ1) is 14.0. The topological polar surface area (TPSA) is 74.2 Å². The average Bonchev–Trinajstić information content (AvgIpc) is 3.11. The number of hydrogen-bond acceptors (Lipinski definition) is 6. The molecule has 2 heterocycles. The molecular weight excluding hydrogens is 400 g/mol. The molecule has 29 heavy (non-hydrogen) atoms. The quantitative estimate of drug-likeness (QED) is 0.743. The van der Waals surface area contributed by atoms with Crippen LogP contribution in [0.25, 0.3) is 0 Å². The Morgan fingerprint density at radius 2 is 2.17 bits per heavy atom. The zero-order chi connectivity index (χ0) is 20.6. The fraction of sp³-hybridized carbons (Fsp3) is 0.300. The molecule has 0 aliphatic carbocycles. The largest absolute Gasteiger partial charge is 0.493 e. The van der Waals surface area contributed by atoms with E-state index in [2.05, 4.69) is 10.6 Å². The van der Waals surface area contributed by atoms with Crippen molar-refractivity contribution in [3.63, 3.8) is 0 Å². The first-order valence-electron chi connectivity index (χ1n) is 9.10. The number of fused-ring (bicyclic) bond motifs is 2. The van der Waals surface area contributed by atoms with E-state index in [0.717, 1.165) is 23.8 Å². The van der Waals surface area contributed by atoms with Crippen LogP contribution in [0.5, 0.6) is 5.75 Å². The van der Waals surface area contributed by atoms with Gasteiger partial charge in [0.15, 0.2) is 4.87 Å². The molecule has 0 aromatic heterocycles. The number of rotatable bonds is 4. The van der Waals surface area contributed by atoms with Crippen molar-refractivity contribution in [2.24, 2.45) is 11.0 Å². The van der Waals surface area contributed by atoms with Gasteiger partial charge in [-0.3, -0.25) is 4.79 Å². The number of para-hydroxylation sites is 1. The monoisotopic (exact) mass is 419 g/mol. The van der Waals surface area contributed by atoms with Crippen LogP contribution in [0.15, 0.2) is 47.6 Å². The van der Waals surface area contributed by atoms with Crippen molar-refractivity contribution >= 4 is 22.7 Å². The lowest BCUT2D eigenvalue weighted by Crippen LogP contribution is -2.51. The standard InChI is InChI=1S/C20H19F2N3O3S/c1-12(26)25-20(29-19(24-25)15-10-14(21)6-7-17(15)22)13(8-9-23-27)11-28-18-5-3-2-4-16(18)20/h2-7,10,13,23,27H,8-9,11H2,1H3. The Morgan fingerprint density at radius 3 is 2.93 bits per heavy atom. The highest BCUT2D eigenvalue weighted by Gasteiger charge is 2.56. The number of nitrogens with one attached hydrogen (secondary N) is 1. The van der Waals surface area contributed by atoms with Crippen LogP contribution in [0.4, 0.5) is 8.78 Å². The predicted molar refractivity (Wildman–Crippen MR) is 105 cm³/mol. The summed E-state index contributed by atoms with van der Waals surface area (Å²) in [6.07, 6.45) is 0.468. The zero-order valence-electron chi connectivity index (χ0n) is 15.6. The lowest BCUT2D eigenvalue weighted by molar-refractivity contribution is -0.134. The van der Waals surface area contributed by atoms with E-state index in [1.165, 1.54) is 23.7 Å². The molecule has 0 radical (unpaired) electrons. The molecule has 0 saturated heterocycles. The number of hydrogen-bond donors (Lipinski definition) is 2. The van der Waals surface area contributed by atoms with Crippen LogP contribution in [0, 0.1) is 17.6 Å². The number of nitrogens with zero attached hydrogens (tertiary/aromatic N) is 2. The molecule has 0 fully saturated rings. The summed E-state index contributed by atoms with van der Waals surface area (Å²) in [5.74, 6) is -1.19. The molecule has 1 amide bonds. The van der Waals surface area contributed by atoms with Crippen LogP contribution in [0.1, 0.15) is 24.5 Å². The third kappa shape index (κ3) is 3.29. The SMILES string of the molecule is CC(=O)N1N=C(c2cc(F)ccc2F)SC12c1ccccc1OCC2CCNO. The maximum absolute atomic E-state index is 14.5. The van der Waals surface area contributed by atoms with Gasteiger partial charge in [0.05, 0.1) is 6.61 Å². The Balaban J connectivity index is 1.87. The molecule has 0 saturated carbocycles. The summed E-state index contributed by atoms with van der Waals surface area (Å²) in [5, 5.41) is 15.1. The minimum Gasteiger partial charge on any atom is -0.493 e. The minimum atomic E-state index is -0.994. The lowest BCUT2D eigenvalue weighted by Gasteiger charge is -2.45. The Morgan fingerprint density at radius 1 is 1.38 bits per heavy atom. The second-order valence-corrected chi connectivity index (χ2v) is 8.07. The molecule has 152 valence electrons. The van der Waals surface area contributed by atoms with E-state index in [-0.39, 0.29) is 35.6 Å². The van der Waals surface area contributed by atoms with Crippen LogP contribution >= 0.6 is 11.8 Å². The van der Waals surface area contributed by atoms with E-state index >= 15 is 0 Å². The Kier molecular flexibility index (Phi) is 5.28. The van der Waals surface area contributed by atoms with Crippen molar-refractivity contribution in [2.75, 3.05) is 13.2 Å². The van der Waals surface area contributed by atoms with Gasteiger partial charge in [-0.1, -0.05) is 30.0 Å². The number of carbonyl (C=O) groups is 1. The molecule has 2 aliphatic heterocycles. The van der Waals surface area contributed by atoms with Gasteiger partial charge in [0, 0.05) is 30.5 Å². The number of hydroxylamine groups is 1. The van der Waals surface area contributed by atoms with Crippen molar-refractivity contribution < 1.29 is 23.5 Å². The fourth-order valence-corrected chi connectivity index (χ4v) is 5.38. The third-order valence-electron chi connectivity index (χ3n) is 5.09. The van der Waals surface area contributed by atoms with Gasteiger partial charge in [0.25, 0.3) is 0 Å². The second kappa shape index (κ2) is 7.74. The van der Waals surface area contributed by atoms with Crippen LogP contribution in [-0.4, -0.2) is 34.3 Å². The van der Waals surface area contributed by atoms with Crippen LogP contribution < -0.4 is 10.2 Å². The third-order valence-corrected chi connectivity index (χ3v) is 6.62. The summed E-state index contributed by atoms with van der Waals surface area (Å²) >= 11 is 1.21. The Labute approximate surface area is 170 Å². The number of ether oxygens (including phenoxy) is 1. The zero-order valence-corrected chi connectivity index (χ0v) is 16.4. The molecule has 2 aromatic carbocycles. The van der Waals surface area contributed by atoms with Crippen LogP contribution in [0.2, 0.25) is 0 Å². The number of carbonyl (C=O) groups excluding carboxylic acids is 1. The molecule has 2 unspecified atom stereocenters. The van der Waals surface area contributed by atoms with Gasteiger partial charge in [0.1, 0.15) is 22.4 Å². The average molecular weight is 419 g/mol. The molecule has 0 bridgehead atoms. The number of halogens is 2. The van der Waals surface area contributed by atoms with Crippen LogP contribution in [0.3, 0.4) is 0 Å². The van der Waals surface area contributed by atoms with Crippen LogP contribution in [-0.2, 0) is 9.67 Å². The number of thioether (sulfide) groups is 1. The van der Waals surface area contributed by atoms with E-state index in [0.29, 0.717) is 12.2 Å². The van der Waals surface area contributed by atoms with E-state index in [9.17, 15) is 13.6 Å². The van der Waals surface area contributed by atoms with Crippen molar-refractivity contribution in [1.82, 2.24) is 10.5 Å². The van der Waals surface area contributed by atoms with Gasteiger partial charge in [-0.25, -0.2) is 19.3 Å². The van der Waals surface area contributed by atoms with Gasteiger partial charge in [-0.2, -0.15) is 5.10 Å². The number of hydrazone groups is 1. The molecular formula is C20H19F2N3O3S. The Hall–Kier alpha value is -2.49. The summed E-state index contributed by atoms with van der Waals surface area (Å²) in [4.78, 5) is 11.6. The first-order valence-corrected chi connectivity index (χ1v) is 9.92. The fourth-order valence-electron chi connectivity index (χ4n) is 3.81. The molecule has 2 aromatic rings. The molecule has 9 heteroatoms.